The molecule has 2 rings (SSSR count). The van der Waals surface area contributed by atoms with Crippen LogP contribution < -0.4 is 0 Å². The second kappa shape index (κ2) is 6.75. The Morgan fingerprint density at radius 1 is 1.24 bits per heavy atom. The predicted octanol–water partition coefficient (Wildman–Crippen LogP) is 2.99. The summed E-state index contributed by atoms with van der Waals surface area (Å²) in [7, 11) is 0. The van der Waals surface area contributed by atoms with E-state index >= 15 is 0 Å². The highest BCUT2D eigenvalue weighted by Crippen LogP contribution is 2.34. The summed E-state index contributed by atoms with van der Waals surface area (Å²) in [6.07, 6.45) is -7.31. The quantitative estimate of drug-likeness (QED) is 0.647. The normalized spacial score (nSPS) is 13.6. The molecule has 1 heterocycles. The molecule has 0 amide bonds. The minimum Gasteiger partial charge on any atom is -0.461 e. The summed E-state index contributed by atoms with van der Waals surface area (Å²) in [5.74, 6) is -8.04. The molecule has 0 aliphatic carbocycles. The third-order valence-corrected chi connectivity index (χ3v) is 3.04. The lowest BCUT2D eigenvalue weighted by Crippen LogP contribution is -2.37. The number of carbonyl (C=O) groups is 1. The fourth-order valence-corrected chi connectivity index (χ4v) is 1.82. The SMILES string of the molecule is CCOC(=O)C(F)(F)C(O)c1ccc(-c2noc(C(F)(F)F)n2)cc1. The third kappa shape index (κ3) is 3.92. The van der Waals surface area contributed by atoms with E-state index in [-0.39, 0.29) is 17.7 Å². The summed E-state index contributed by atoms with van der Waals surface area (Å²) in [5, 5.41) is 12.8. The number of hydrogen-bond donors (Lipinski definition) is 1. The fourth-order valence-electron chi connectivity index (χ4n) is 1.82. The summed E-state index contributed by atoms with van der Waals surface area (Å²) in [4.78, 5) is 14.3. The molecule has 0 radical (unpaired) electrons. The average molecular weight is 366 g/mol. The van der Waals surface area contributed by atoms with E-state index in [1.54, 1.807) is 0 Å². The summed E-state index contributed by atoms with van der Waals surface area (Å²) >= 11 is 0. The van der Waals surface area contributed by atoms with Crippen LogP contribution in [0.25, 0.3) is 11.4 Å². The number of aliphatic hydroxyl groups is 1. The molecule has 0 fully saturated rings. The molecule has 11 heteroatoms. The van der Waals surface area contributed by atoms with Gasteiger partial charge in [0.2, 0.25) is 5.82 Å². The number of alkyl halides is 5. The lowest BCUT2D eigenvalue weighted by molar-refractivity contribution is -0.189. The third-order valence-electron chi connectivity index (χ3n) is 3.04. The highest BCUT2D eigenvalue weighted by atomic mass is 19.4. The van der Waals surface area contributed by atoms with Gasteiger partial charge in [-0.2, -0.15) is 26.9 Å². The maximum atomic E-state index is 13.8. The molecule has 1 atom stereocenters. The first-order chi connectivity index (χ1) is 11.6. The van der Waals surface area contributed by atoms with Crippen LogP contribution in [-0.4, -0.2) is 33.7 Å². The molecule has 1 aromatic heterocycles. The minimum atomic E-state index is -4.82. The summed E-state index contributed by atoms with van der Waals surface area (Å²) in [6, 6.07) is 4.20. The number of aliphatic hydroxyl groups excluding tert-OH is 1. The first-order valence-electron chi connectivity index (χ1n) is 6.81. The number of carbonyl (C=O) groups excluding carboxylic acids is 1. The van der Waals surface area contributed by atoms with Gasteiger partial charge in [0, 0.05) is 5.56 Å². The van der Waals surface area contributed by atoms with E-state index in [0.717, 1.165) is 24.3 Å². The van der Waals surface area contributed by atoms with Gasteiger partial charge in [-0.25, -0.2) is 4.79 Å². The molecular weight excluding hydrogens is 355 g/mol. The zero-order valence-corrected chi connectivity index (χ0v) is 12.6. The van der Waals surface area contributed by atoms with Crippen molar-refractivity contribution in [2.75, 3.05) is 6.61 Å². The molecule has 136 valence electrons. The molecule has 2 aromatic rings. The maximum Gasteiger partial charge on any atom is 0.471 e. The van der Waals surface area contributed by atoms with Gasteiger partial charge in [-0.15, -0.1) is 0 Å². The Labute approximate surface area is 137 Å². The van der Waals surface area contributed by atoms with Crippen molar-refractivity contribution < 1.29 is 41.1 Å². The lowest BCUT2D eigenvalue weighted by atomic mass is 10.0. The van der Waals surface area contributed by atoms with Crippen molar-refractivity contribution in [3.05, 3.63) is 35.7 Å². The monoisotopic (exact) mass is 366 g/mol. The van der Waals surface area contributed by atoms with Gasteiger partial charge in [0.15, 0.2) is 6.10 Å². The van der Waals surface area contributed by atoms with Crippen molar-refractivity contribution >= 4 is 5.97 Å². The molecule has 0 saturated carbocycles. The van der Waals surface area contributed by atoms with E-state index < -0.39 is 35.9 Å². The van der Waals surface area contributed by atoms with Crippen molar-refractivity contribution in [2.24, 2.45) is 0 Å². The van der Waals surface area contributed by atoms with Crippen LogP contribution in [-0.2, 0) is 15.7 Å². The topological polar surface area (TPSA) is 85.5 Å². The summed E-state index contributed by atoms with van der Waals surface area (Å²) in [5.41, 5.74) is -0.309. The van der Waals surface area contributed by atoms with Gasteiger partial charge in [-0.1, -0.05) is 29.4 Å². The number of esters is 1. The Balaban J connectivity index is 2.22. The number of ether oxygens (including phenoxy) is 1. The van der Waals surface area contributed by atoms with Crippen LogP contribution in [0.15, 0.2) is 28.8 Å². The number of aromatic nitrogens is 2. The van der Waals surface area contributed by atoms with E-state index in [9.17, 15) is 31.9 Å². The Bertz CT molecular complexity index is 742. The number of rotatable bonds is 5. The lowest BCUT2D eigenvalue weighted by Gasteiger charge is -2.20. The van der Waals surface area contributed by atoms with Crippen LogP contribution in [0.5, 0.6) is 0 Å². The highest BCUT2D eigenvalue weighted by Gasteiger charge is 2.49. The van der Waals surface area contributed by atoms with Crippen molar-refractivity contribution in [1.29, 1.82) is 0 Å². The molecule has 0 aliphatic heterocycles. The molecule has 1 unspecified atom stereocenters. The zero-order valence-electron chi connectivity index (χ0n) is 12.6. The number of benzene rings is 1. The number of nitrogens with zero attached hydrogens (tertiary/aromatic N) is 2. The van der Waals surface area contributed by atoms with Crippen molar-refractivity contribution in [1.82, 2.24) is 10.1 Å². The number of hydrogen-bond acceptors (Lipinski definition) is 6. The Hall–Kier alpha value is -2.56. The van der Waals surface area contributed by atoms with Crippen molar-refractivity contribution in [2.45, 2.75) is 25.1 Å². The van der Waals surface area contributed by atoms with Crippen LogP contribution in [0.1, 0.15) is 24.5 Å². The van der Waals surface area contributed by atoms with Crippen molar-refractivity contribution in [3.63, 3.8) is 0 Å². The predicted molar refractivity (Wildman–Crippen MR) is 71.3 cm³/mol. The van der Waals surface area contributed by atoms with Crippen LogP contribution in [0.4, 0.5) is 22.0 Å². The first kappa shape index (κ1) is 18.8. The van der Waals surface area contributed by atoms with Gasteiger partial charge in [0.05, 0.1) is 6.61 Å². The Morgan fingerprint density at radius 2 is 1.84 bits per heavy atom. The summed E-state index contributed by atoms with van der Waals surface area (Å²) in [6.45, 7) is 1.04. The highest BCUT2D eigenvalue weighted by molar-refractivity contribution is 5.78. The minimum absolute atomic E-state index is 0.0367. The van der Waals surface area contributed by atoms with Crippen LogP contribution >= 0.6 is 0 Å². The largest absolute Gasteiger partial charge is 0.471 e. The van der Waals surface area contributed by atoms with Gasteiger partial charge in [0.25, 0.3) is 0 Å². The maximum absolute atomic E-state index is 13.8. The standard InChI is InChI=1S/C14H11F5N2O4/c1-2-24-12(23)13(15,16)9(22)7-3-5-8(6-4-7)10-20-11(25-21-10)14(17,18)19/h3-6,9,22H,2H2,1H3. The van der Waals surface area contributed by atoms with Gasteiger partial charge in [0.1, 0.15) is 0 Å². The van der Waals surface area contributed by atoms with Gasteiger partial charge in [-0.3, -0.25) is 0 Å². The number of halogens is 5. The van der Waals surface area contributed by atoms with Crippen molar-refractivity contribution in [3.8, 4) is 11.4 Å². The first-order valence-corrected chi connectivity index (χ1v) is 6.81. The van der Waals surface area contributed by atoms with Crippen LogP contribution in [0, 0.1) is 0 Å². The van der Waals surface area contributed by atoms with Gasteiger partial charge >= 0.3 is 24.0 Å². The smallest absolute Gasteiger partial charge is 0.461 e. The fraction of sp³-hybridized carbons (Fsp3) is 0.357. The van der Waals surface area contributed by atoms with Crippen LogP contribution in [0.3, 0.4) is 0 Å². The molecule has 6 nitrogen and oxygen atoms in total. The molecular formula is C14H11F5N2O4. The summed E-state index contributed by atoms with van der Waals surface area (Å²) < 4.78 is 73.0. The average Bonchev–Trinajstić information content (AvgIpc) is 3.04. The van der Waals surface area contributed by atoms with E-state index in [2.05, 4.69) is 19.4 Å². The molecule has 0 spiro atoms. The van der Waals surface area contributed by atoms with Gasteiger partial charge < -0.3 is 14.4 Å². The molecule has 25 heavy (non-hydrogen) atoms. The Kier molecular flexibility index (Phi) is 5.07. The van der Waals surface area contributed by atoms with E-state index in [0.29, 0.717) is 0 Å². The van der Waals surface area contributed by atoms with E-state index in [1.165, 1.54) is 6.92 Å². The molecule has 1 N–H and O–H groups in total. The Morgan fingerprint density at radius 3 is 2.32 bits per heavy atom. The van der Waals surface area contributed by atoms with Crippen LogP contribution in [0.2, 0.25) is 0 Å². The second-order valence-electron chi connectivity index (χ2n) is 4.79. The zero-order chi connectivity index (χ0) is 18.8. The molecule has 0 aliphatic rings. The van der Waals surface area contributed by atoms with E-state index in [1.807, 2.05) is 0 Å². The van der Waals surface area contributed by atoms with Gasteiger partial charge in [-0.05, 0) is 12.5 Å². The van der Waals surface area contributed by atoms with E-state index in [4.69, 9.17) is 0 Å². The molecule has 1 aromatic carbocycles. The molecule has 0 saturated heterocycles. The molecule has 0 bridgehead atoms. The second-order valence-corrected chi connectivity index (χ2v) is 4.79.